The van der Waals surface area contributed by atoms with Gasteiger partial charge in [-0.05, 0) is 42.3 Å². The number of amides is 1. The van der Waals surface area contributed by atoms with Crippen LogP contribution in [0.15, 0.2) is 64.3 Å². The third-order valence-electron chi connectivity index (χ3n) is 3.86. The number of aryl methyl sites for hydroxylation is 1. The fourth-order valence-electron chi connectivity index (χ4n) is 2.53. The minimum atomic E-state index is -0.461. The van der Waals surface area contributed by atoms with Crippen molar-refractivity contribution in [2.45, 2.75) is 19.9 Å². The van der Waals surface area contributed by atoms with E-state index in [1.54, 1.807) is 24.3 Å². The molecule has 0 aliphatic carbocycles. The van der Waals surface area contributed by atoms with E-state index in [0.717, 1.165) is 12.1 Å². The average Bonchev–Trinajstić information content (AvgIpc) is 2.91. The summed E-state index contributed by atoms with van der Waals surface area (Å²) in [4.78, 5) is 24.2. The number of rotatable bonds is 5. The smallest absolute Gasteiger partial charge is 0.408 e. The standard InChI is InChI=1S/C19H18N2O3/c1-3-11-21-16-12-14(7-10-17(16)24-19(21)23)18(22)20-15-8-5-13(4-2)6-9-15/h3,5-10,12H,1,4,11H2,2H3,(H,20,22). The quantitative estimate of drug-likeness (QED) is 0.730. The minimum Gasteiger partial charge on any atom is -0.408 e. The van der Waals surface area contributed by atoms with Crippen LogP contribution < -0.4 is 11.1 Å². The molecule has 3 rings (SSSR count). The third kappa shape index (κ3) is 3.01. The Bertz CT molecular complexity index is 949. The van der Waals surface area contributed by atoms with Gasteiger partial charge in [-0.15, -0.1) is 6.58 Å². The highest BCUT2D eigenvalue weighted by Crippen LogP contribution is 2.17. The van der Waals surface area contributed by atoms with Gasteiger partial charge in [0.15, 0.2) is 5.58 Å². The number of aromatic nitrogens is 1. The van der Waals surface area contributed by atoms with Crippen LogP contribution >= 0.6 is 0 Å². The molecule has 0 saturated heterocycles. The predicted molar refractivity (Wildman–Crippen MR) is 94.4 cm³/mol. The largest absolute Gasteiger partial charge is 0.420 e. The number of nitrogens with zero attached hydrogens (tertiary/aromatic N) is 1. The molecule has 0 saturated carbocycles. The molecule has 122 valence electrons. The minimum absolute atomic E-state index is 0.236. The molecule has 0 unspecified atom stereocenters. The second-order valence-electron chi connectivity index (χ2n) is 5.45. The van der Waals surface area contributed by atoms with Gasteiger partial charge in [0.1, 0.15) is 0 Å². The SMILES string of the molecule is C=CCn1c(=O)oc2ccc(C(=O)Nc3ccc(CC)cc3)cc21. The van der Waals surface area contributed by atoms with Gasteiger partial charge in [-0.2, -0.15) is 0 Å². The fourth-order valence-corrected chi connectivity index (χ4v) is 2.53. The van der Waals surface area contributed by atoms with Crippen molar-refractivity contribution in [2.24, 2.45) is 0 Å². The highest BCUT2D eigenvalue weighted by molar-refractivity contribution is 6.05. The lowest BCUT2D eigenvalue weighted by Gasteiger charge is -2.06. The van der Waals surface area contributed by atoms with Gasteiger partial charge in [0, 0.05) is 17.8 Å². The first kappa shape index (κ1) is 15.8. The third-order valence-corrected chi connectivity index (χ3v) is 3.86. The Balaban J connectivity index is 1.90. The topological polar surface area (TPSA) is 64.2 Å². The van der Waals surface area contributed by atoms with Gasteiger partial charge in [-0.1, -0.05) is 25.1 Å². The number of anilines is 1. The van der Waals surface area contributed by atoms with Crippen molar-refractivity contribution in [1.82, 2.24) is 4.57 Å². The fraction of sp³-hybridized carbons (Fsp3) is 0.158. The Morgan fingerprint density at radius 1 is 1.25 bits per heavy atom. The van der Waals surface area contributed by atoms with Crippen LogP contribution in [0.5, 0.6) is 0 Å². The Labute approximate surface area is 139 Å². The van der Waals surface area contributed by atoms with E-state index in [0.29, 0.717) is 23.2 Å². The van der Waals surface area contributed by atoms with E-state index in [1.165, 1.54) is 10.1 Å². The molecular weight excluding hydrogens is 304 g/mol. The van der Waals surface area contributed by atoms with E-state index in [2.05, 4.69) is 18.8 Å². The van der Waals surface area contributed by atoms with E-state index in [1.807, 2.05) is 24.3 Å². The Kier molecular flexibility index (Phi) is 4.33. The Morgan fingerprint density at radius 3 is 2.67 bits per heavy atom. The molecule has 0 spiro atoms. The lowest BCUT2D eigenvalue weighted by atomic mass is 10.1. The summed E-state index contributed by atoms with van der Waals surface area (Å²) in [5, 5.41) is 2.86. The Hall–Kier alpha value is -3.08. The van der Waals surface area contributed by atoms with Crippen molar-refractivity contribution < 1.29 is 9.21 Å². The van der Waals surface area contributed by atoms with Crippen molar-refractivity contribution in [1.29, 1.82) is 0 Å². The summed E-state index contributed by atoms with van der Waals surface area (Å²) in [6.45, 7) is 6.04. The average molecular weight is 322 g/mol. The predicted octanol–water partition coefficient (Wildman–Crippen LogP) is 3.60. The van der Waals surface area contributed by atoms with Gasteiger partial charge < -0.3 is 9.73 Å². The Morgan fingerprint density at radius 2 is 2.00 bits per heavy atom. The molecule has 5 heteroatoms. The first-order chi connectivity index (χ1) is 11.6. The van der Waals surface area contributed by atoms with Crippen LogP contribution in [0.1, 0.15) is 22.8 Å². The van der Waals surface area contributed by atoms with Crippen LogP contribution in [0.2, 0.25) is 0 Å². The lowest BCUT2D eigenvalue weighted by Crippen LogP contribution is -2.14. The number of carbonyl (C=O) groups excluding carboxylic acids is 1. The van der Waals surface area contributed by atoms with Gasteiger partial charge >= 0.3 is 5.76 Å². The highest BCUT2D eigenvalue weighted by atomic mass is 16.4. The zero-order chi connectivity index (χ0) is 17.1. The van der Waals surface area contributed by atoms with E-state index in [4.69, 9.17) is 4.42 Å². The summed E-state index contributed by atoms with van der Waals surface area (Å²) >= 11 is 0. The lowest BCUT2D eigenvalue weighted by molar-refractivity contribution is 0.102. The first-order valence-electron chi connectivity index (χ1n) is 7.77. The zero-order valence-electron chi connectivity index (χ0n) is 13.4. The number of hydrogen-bond donors (Lipinski definition) is 1. The molecule has 2 aromatic carbocycles. The summed E-state index contributed by atoms with van der Waals surface area (Å²) in [5.41, 5.74) is 3.43. The summed E-state index contributed by atoms with van der Waals surface area (Å²) in [5.74, 6) is -0.697. The van der Waals surface area contributed by atoms with Gasteiger partial charge in [-0.25, -0.2) is 4.79 Å². The van der Waals surface area contributed by atoms with Gasteiger partial charge in [0.2, 0.25) is 0 Å². The summed E-state index contributed by atoms with van der Waals surface area (Å²) in [6, 6.07) is 12.6. The van der Waals surface area contributed by atoms with Crippen molar-refractivity contribution in [3.8, 4) is 0 Å². The van der Waals surface area contributed by atoms with Crippen LogP contribution in [0.25, 0.3) is 11.1 Å². The van der Waals surface area contributed by atoms with Crippen LogP contribution in [-0.2, 0) is 13.0 Å². The van der Waals surface area contributed by atoms with Gasteiger partial charge in [-0.3, -0.25) is 9.36 Å². The van der Waals surface area contributed by atoms with Gasteiger partial charge in [0.05, 0.1) is 5.52 Å². The summed E-state index contributed by atoms with van der Waals surface area (Å²) < 4.78 is 6.60. The molecular formula is C19H18N2O3. The number of oxazole rings is 1. The second kappa shape index (κ2) is 6.58. The first-order valence-corrected chi connectivity index (χ1v) is 7.77. The number of carbonyl (C=O) groups is 1. The van der Waals surface area contributed by atoms with E-state index >= 15 is 0 Å². The molecule has 1 N–H and O–H groups in total. The van der Waals surface area contributed by atoms with Crippen molar-refractivity contribution in [2.75, 3.05) is 5.32 Å². The molecule has 5 nitrogen and oxygen atoms in total. The maximum atomic E-state index is 12.4. The van der Waals surface area contributed by atoms with Crippen LogP contribution in [0.4, 0.5) is 5.69 Å². The van der Waals surface area contributed by atoms with Crippen molar-refractivity contribution in [3.63, 3.8) is 0 Å². The van der Waals surface area contributed by atoms with Gasteiger partial charge in [0.25, 0.3) is 5.91 Å². The van der Waals surface area contributed by atoms with Crippen LogP contribution in [0, 0.1) is 0 Å². The van der Waals surface area contributed by atoms with Crippen molar-refractivity contribution in [3.05, 3.63) is 76.8 Å². The van der Waals surface area contributed by atoms with Crippen LogP contribution in [0.3, 0.4) is 0 Å². The number of allylic oxidation sites excluding steroid dienone is 1. The van der Waals surface area contributed by atoms with E-state index in [-0.39, 0.29) is 5.91 Å². The number of fused-ring (bicyclic) bond motifs is 1. The van der Waals surface area contributed by atoms with Crippen molar-refractivity contribution >= 4 is 22.7 Å². The maximum Gasteiger partial charge on any atom is 0.420 e. The number of benzene rings is 2. The number of nitrogens with one attached hydrogen (secondary N) is 1. The monoisotopic (exact) mass is 322 g/mol. The summed E-state index contributed by atoms with van der Waals surface area (Å²) in [6.07, 6.45) is 2.56. The van der Waals surface area contributed by atoms with E-state index in [9.17, 15) is 9.59 Å². The second-order valence-corrected chi connectivity index (χ2v) is 5.45. The molecule has 0 aliphatic rings. The molecule has 0 aliphatic heterocycles. The molecule has 0 fully saturated rings. The molecule has 0 bridgehead atoms. The number of hydrogen-bond acceptors (Lipinski definition) is 3. The highest BCUT2D eigenvalue weighted by Gasteiger charge is 2.12. The molecule has 0 atom stereocenters. The normalized spacial score (nSPS) is 10.7. The maximum absolute atomic E-state index is 12.4. The summed E-state index contributed by atoms with van der Waals surface area (Å²) in [7, 11) is 0. The van der Waals surface area contributed by atoms with E-state index < -0.39 is 5.76 Å². The molecule has 1 heterocycles. The molecule has 1 amide bonds. The molecule has 0 radical (unpaired) electrons. The molecule has 24 heavy (non-hydrogen) atoms. The molecule has 1 aromatic heterocycles. The van der Waals surface area contributed by atoms with Crippen LogP contribution in [-0.4, -0.2) is 10.5 Å². The zero-order valence-corrected chi connectivity index (χ0v) is 13.4. The molecule has 3 aromatic rings.